The molecule has 0 radical (unpaired) electrons. The summed E-state index contributed by atoms with van der Waals surface area (Å²) in [6, 6.07) is 44.4. The molecule has 0 aliphatic carbocycles. The standard InChI is InChI=1S/C38H23N3O/c1-2-11-24(12-3-1)38-40-31-19-9-21-33-36(31)41(38)32-20-8-18-30(37(32)42-33)35-28-16-6-4-14-26(28)34(25-13-10-22-39-23-25)27-15-5-7-17-29(27)35/h1-23H. The van der Waals surface area contributed by atoms with E-state index in [9.17, 15) is 0 Å². The van der Waals surface area contributed by atoms with Crippen LogP contribution in [0.4, 0.5) is 0 Å². The Bertz CT molecular complexity index is 2260. The van der Waals surface area contributed by atoms with Gasteiger partial charge in [-0.1, -0.05) is 103 Å². The maximum absolute atomic E-state index is 6.83. The van der Waals surface area contributed by atoms with Crippen molar-refractivity contribution >= 4 is 32.6 Å². The molecule has 196 valence electrons. The van der Waals surface area contributed by atoms with Crippen LogP contribution in [-0.4, -0.2) is 14.5 Å². The molecule has 4 nitrogen and oxygen atoms in total. The molecule has 0 spiro atoms. The van der Waals surface area contributed by atoms with Crippen LogP contribution in [0, 0.1) is 0 Å². The van der Waals surface area contributed by atoms with E-state index < -0.39 is 0 Å². The van der Waals surface area contributed by atoms with Crippen molar-refractivity contribution in [2.24, 2.45) is 0 Å². The molecule has 0 N–H and O–H groups in total. The Hall–Kier alpha value is -5.74. The number of imidazole rings is 1. The van der Waals surface area contributed by atoms with E-state index in [2.05, 4.69) is 113 Å². The number of hydrogen-bond acceptors (Lipinski definition) is 3. The number of hydrogen-bond donors (Lipinski definition) is 0. The summed E-state index contributed by atoms with van der Waals surface area (Å²) in [6.07, 6.45) is 3.78. The van der Waals surface area contributed by atoms with Crippen molar-refractivity contribution in [2.75, 3.05) is 0 Å². The van der Waals surface area contributed by atoms with Crippen LogP contribution in [0.5, 0.6) is 11.5 Å². The zero-order valence-electron chi connectivity index (χ0n) is 22.5. The van der Waals surface area contributed by atoms with Gasteiger partial charge in [0.25, 0.3) is 0 Å². The lowest BCUT2D eigenvalue weighted by Gasteiger charge is -2.25. The summed E-state index contributed by atoms with van der Waals surface area (Å²) in [5.41, 5.74) is 8.45. The Morgan fingerprint density at radius 1 is 0.548 bits per heavy atom. The molecule has 0 fully saturated rings. The second kappa shape index (κ2) is 8.88. The third-order valence-corrected chi connectivity index (χ3v) is 8.27. The van der Waals surface area contributed by atoms with Crippen LogP contribution in [0.1, 0.15) is 0 Å². The second-order valence-electron chi connectivity index (χ2n) is 10.6. The number of ether oxygens (including phenoxy) is 1. The van der Waals surface area contributed by atoms with Crippen LogP contribution < -0.4 is 4.74 Å². The van der Waals surface area contributed by atoms with Gasteiger partial charge in [-0.15, -0.1) is 0 Å². The Kier molecular flexibility index (Phi) is 4.87. The molecule has 0 saturated heterocycles. The quantitative estimate of drug-likeness (QED) is 0.211. The van der Waals surface area contributed by atoms with E-state index in [1.54, 1.807) is 0 Å². The smallest absolute Gasteiger partial charge is 0.159 e. The SMILES string of the molecule is c1ccc(-c2nc3cccc4c3n2-c2cccc(-c3c5ccccc5c(-c5cccnc5)c5ccccc35)c2O4)cc1. The van der Waals surface area contributed by atoms with Crippen molar-refractivity contribution in [2.45, 2.75) is 0 Å². The summed E-state index contributed by atoms with van der Waals surface area (Å²) in [4.78, 5) is 9.53. The lowest BCUT2D eigenvalue weighted by Crippen LogP contribution is -2.07. The number of aromatic nitrogens is 3. The third kappa shape index (κ3) is 3.23. The van der Waals surface area contributed by atoms with E-state index in [-0.39, 0.29) is 0 Å². The number of para-hydroxylation sites is 2. The summed E-state index contributed by atoms with van der Waals surface area (Å²) in [5, 5.41) is 4.71. The Balaban J connectivity index is 1.40. The van der Waals surface area contributed by atoms with Crippen LogP contribution in [0.25, 0.3) is 71.9 Å². The predicted octanol–water partition coefficient (Wildman–Crippen LogP) is 9.83. The van der Waals surface area contributed by atoms with E-state index in [4.69, 9.17) is 9.72 Å². The van der Waals surface area contributed by atoms with Crippen molar-refractivity contribution in [1.82, 2.24) is 14.5 Å². The molecule has 1 aliphatic rings. The van der Waals surface area contributed by atoms with Crippen LogP contribution in [0.3, 0.4) is 0 Å². The normalized spacial score (nSPS) is 12.0. The maximum Gasteiger partial charge on any atom is 0.159 e. The van der Waals surface area contributed by atoms with E-state index >= 15 is 0 Å². The molecule has 0 amide bonds. The first-order chi connectivity index (χ1) is 20.9. The zero-order valence-corrected chi connectivity index (χ0v) is 22.5. The third-order valence-electron chi connectivity index (χ3n) is 8.27. The molecule has 0 unspecified atom stereocenters. The summed E-state index contributed by atoms with van der Waals surface area (Å²) >= 11 is 0. The highest BCUT2D eigenvalue weighted by Gasteiger charge is 2.28. The number of fused-ring (bicyclic) bond motifs is 4. The van der Waals surface area contributed by atoms with Gasteiger partial charge in [-0.05, 0) is 51.4 Å². The van der Waals surface area contributed by atoms with Crippen molar-refractivity contribution < 1.29 is 4.74 Å². The van der Waals surface area contributed by atoms with E-state index in [1.165, 1.54) is 27.1 Å². The van der Waals surface area contributed by atoms with Crippen molar-refractivity contribution in [3.05, 3.63) is 140 Å². The highest BCUT2D eigenvalue weighted by molar-refractivity contribution is 6.22. The van der Waals surface area contributed by atoms with Gasteiger partial charge in [-0.3, -0.25) is 9.55 Å². The summed E-state index contributed by atoms with van der Waals surface area (Å²) in [6.45, 7) is 0. The van der Waals surface area contributed by atoms with Crippen molar-refractivity contribution in [3.63, 3.8) is 0 Å². The van der Waals surface area contributed by atoms with Gasteiger partial charge in [0, 0.05) is 34.6 Å². The van der Waals surface area contributed by atoms with Crippen molar-refractivity contribution in [1.29, 1.82) is 0 Å². The van der Waals surface area contributed by atoms with Crippen LogP contribution in [-0.2, 0) is 0 Å². The first kappa shape index (κ1) is 23.0. The summed E-state index contributed by atoms with van der Waals surface area (Å²) < 4.78 is 9.09. The van der Waals surface area contributed by atoms with Gasteiger partial charge in [-0.2, -0.15) is 0 Å². The Morgan fingerprint density at radius 3 is 1.93 bits per heavy atom. The minimum absolute atomic E-state index is 0.808. The van der Waals surface area contributed by atoms with Gasteiger partial charge in [0.2, 0.25) is 0 Å². The molecule has 8 aromatic rings. The number of benzene rings is 6. The molecule has 0 bridgehead atoms. The number of nitrogens with zero attached hydrogens (tertiary/aromatic N) is 3. The molecular formula is C38H23N3O. The predicted molar refractivity (Wildman–Crippen MR) is 170 cm³/mol. The molecule has 3 heterocycles. The molecule has 4 heteroatoms. The van der Waals surface area contributed by atoms with Crippen LogP contribution in [0.15, 0.2) is 140 Å². The Labute approximate surface area is 242 Å². The number of pyridine rings is 1. The summed E-state index contributed by atoms with van der Waals surface area (Å²) in [7, 11) is 0. The topological polar surface area (TPSA) is 39.9 Å². The minimum Gasteiger partial charge on any atom is -0.452 e. The lowest BCUT2D eigenvalue weighted by molar-refractivity contribution is 0.478. The largest absolute Gasteiger partial charge is 0.452 e. The average Bonchev–Trinajstić information content (AvgIpc) is 3.46. The highest BCUT2D eigenvalue weighted by Crippen LogP contribution is 2.51. The number of rotatable bonds is 3. The lowest BCUT2D eigenvalue weighted by atomic mass is 9.86. The average molecular weight is 538 g/mol. The van der Waals surface area contributed by atoms with Gasteiger partial charge >= 0.3 is 0 Å². The van der Waals surface area contributed by atoms with E-state index in [0.29, 0.717) is 0 Å². The minimum atomic E-state index is 0.808. The first-order valence-electron chi connectivity index (χ1n) is 14.1. The molecule has 9 rings (SSSR count). The van der Waals surface area contributed by atoms with Gasteiger partial charge in [0.15, 0.2) is 11.5 Å². The fourth-order valence-electron chi connectivity index (χ4n) is 6.55. The first-order valence-corrected chi connectivity index (χ1v) is 14.1. The fraction of sp³-hybridized carbons (Fsp3) is 0. The maximum atomic E-state index is 6.83. The molecule has 1 aliphatic heterocycles. The molecule has 0 atom stereocenters. The van der Waals surface area contributed by atoms with Crippen molar-refractivity contribution in [3.8, 4) is 50.8 Å². The monoisotopic (exact) mass is 537 g/mol. The van der Waals surface area contributed by atoms with E-state index in [0.717, 1.165) is 56.3 Å². The molecule has 6 aromatic carbocycles. The molecule has 42 heavy (non-hydrogen) atoms. The van der Waals surface area contributed by atoms with Crippen LogP contribution >= 0.6 is 0 Å². The highest BCUT2D eigenvalue weighted by atomic mass is 16.5. The second-order valence-corrected chi connectivity index (χ2v) is 10.6. The summed E-state index contributed by atoms with van der Waals surface area (Å²) in [5.74, 6) is 2.54. The van der Waals surface area contributed by atoms with Gasteiger partial charge in [0.1, 0.15) is 11.3 Å². The molecule has 2 aromatic heterocycles. The zero-order chi connectivity index (χ0) is 27.6. The van der Waals surface area contributed by atoms with Crippen LogP contribution in [0.2, 0.25) is 0 Å². The fourth-order valence-corrected chi connectivity index (χ4v) is 6.55. The Morgan fingerprint density at radius 2 is 1.21 bits per heavy atom. The van der Waals surface area contributed by atoms with E-state index in [1.807, 2.05) is 36.7 Å². The van der Waals surface area contributed by atoms with Gasteiger partial charge in [-0.25, -0.2) is 4.98 Å². The van der Waals surface area contributed by atoms with Gasteiger partial charge < -0.3 is 4.74 Å². The molecule has 0 saturated carbocycles. The molecular weight excluding hydrogens is 514 g/mol. The van der Waals surface area contributed by atoms with Gasteiger partial charge in [0.05, 0.1) is 11.2 Å².